The Bertz CT molecular complexity index is 425. The van der Waals surface area contributed by atoms with Gasteiger partial charge in [0.05, 0.1) is 6.26 Å². The molecule has 2 aromatic heterocycles. The first-order valence-electron chi connectivity index (χ1n) is 4.33. The fourth-order valence-corrected chi connectivity index (χ4v) is 1.17. The van der Waals surface area contributed by atoms with Crippen molar-refractivity contribution in [2.24, 2.45) is 0 Å². The lowest BCUT2D eigenvalue weighted by molar-refractivity contribution is 0.577. The van der Waals surface area contributed by atoms with Gasteiger partial charge in [-0.2, -0.15) is 0 Å². The standard InChI is InChI=1S/C10H11N3O/c1-6-7(2)12-10(13-9(6)11)8-4-3-5-14-8/h3-5H,1-2H3,(H2,11,12,13). The maximum atomic E-state index is 5.73. The Morgan fingerprint density at radius 2 is 2.07 bits per heavy atom. The zero-order valence-corrected chi connectivity index (χ0v) is 8.11. The lowest BCUT2D eigenvalue weighted by Crippen LogP contribution is -2.01. The van der Waals surface area contributed by atoms with Crippen molar-refractivity contribution in [2.45, 2.75) is 13.8 Å². The molecule has 0 saturated carbocycles. The number of hydrogen-bond acceptors (Lipinski definition) is 4. The van der Waals surface area contributed by atoms with E-state index in [9.17, 15) is 0 Å². The Morgan fingerprint density at radius 1 is 1.29 bits per heavy atom. The van der Waals surface area contributed by atoms with Crippen LogP contribution in [0.2, 0.25) is 0 Å². The van der Waals surface area contributed by atoms with E-state index in [0.717, 1.165) is 11.3 Å². The Balaban J connectivity index is 2.57. The van der Waals surface area contributed by atoms with Crippen molar-refractivity contribution in [1.29, 1.82) is 0 Å². The Morgan fingerprint density at radius 3 is 2.64 bits per heavy atom. The Kier molecular flexibility index (Phi) is 1.96. The van der Waals surface area contributed by atoms with E-state index in [1.54, 1.807) is 12.3 Å². The molecule has 4 heteroatoms. The quantitative estimate of drug-likeness (QED) is 0.744. The number of furan rings is 1. The molecule has 0 aliphatic heterocycles. The van der Waals surface area contributed by atoms with E-state index in [2.05, 4.69) is 9.97 Å². The summed E-state index contributed by atoms with van der Waals surface area (Å²) in [5, 5.41) is 0. The highest BCUT2D eigenvalue weighted by molar-refractivity contribution is 5.52. The SMILES string of the molecule is Cc1nc(-c2ccco2)nc(N)c1C. The third-order valence-corrected chi connectivity index (χ3v) is 2.17. The molecule has 2 N–H and O–H groups in total. The summed E-state index contributed by atoms with van der Waals surface area (Å²) >= 11 is 0. The maximum absolute atomic E-state index is 5.73. The Hall–Kier alpha value is -1.84. The normalized spacial score (nSPS) is 10.4. The molecule has 2 aromatic rings. The zero-order valence-electron chi connectivity index (χ0n) is 8.11. The molecule has 0 saturated heterocycles. The lowest BCUT2D eigenvalue weighted by atomic mass is 10.2. The smallest absolute Gasteiger partial charge is 0.197 e. The molecule has 0 spiro atoms. The highest BCUT2D eigenvalue weighted by Gasteiger charge is 2.08. The van der Waals surface area contributed by atoms with Crippen molar-refractivity contribution in [3.8, 4) is 11.6 Å². The molecular weight excluding hydrogens is 178 g/mol. The zero-order chi connectivity index (χ0) is 10.1. The minimum Gasteiger partial charge on any atom is -0.461 e. The van der Waals surface area contributed by atoms with Crippen molar-refractivity contribution in [3.05, 3.63) is 29.7 Å². The summed E-state index contributed by atoms with van der Waals surface area (Å²) < 4.78 is 5.19. The van der Waals surface area contributed by atoms with Crippen LogP contribution in [-0.2, 0) is 0 Å². The molecule has 72 valence electrons. The average molecular weight is 189 g/mol. The molecule has 0 fully saturated rings. The molecule has 2 heterocycles. The summed E-state index contributed by atoms with van der Waals surface area (Å²) in [4.78, 5) is 8.44. The van der Waals surface area contributed by atoms with Gasteiger partial charge in [0.2, 0.25) is 0 Å². The molecule has 0 amide bonds. The van der Waals surface area contributed by atoms with Crippen LogP contribution in [0.1, 0.15) is 11.3 Å². The monoisotopic (exact) mass is 189 g/mol. The number of nitrogens with zero attached hydrogens (tertiary/aromatic N) is 2. The summed E-state index contributed by atoms with van der Waals surface area (Å²) in [5.74, 6) is 1.68. The van der Waals surface area contributed by atoms with Gasteiger partial charge < -0.3 is 10.2 Å². The molecule has 0 radical (unpaired) electrons. The van der Waals surface area contributed by atoms with Gasteiger partial charge in [0.15, 0.2) is 11.6 Å². The molecule has 14 heavy (non-hydrogen) atoms. The van der Waals surface area contributed by atoms with Crippen molar-refractivity contribution in [3.63, 3.8) is 0 Å². The van der Waals surface area contributed by atoms with E-state index < -0.39 is 0 Å². The molecule has 0 atom stereocenters. The number of aryl methyl sites for hydroxylation is 1. The number of nitrogens with two attached hydrogens (primary N) is 1. The van der Waals surface area contributed by atoms with Gasteiger partial charge in [0.1, 0.15) is 5.82 Å². The van der Waals surface area contributed by atoms with Crippen LogP contribution in [0.5, 0.6) is 0 Å². The summed E-state index contributed by atoms with van der Waals surface area (Å²) in [5.41, 5.74) is 7.53. The number of anilines is 1. The van der Waals surface area contributed by atoms with E-state index in [0.29, 0.717) is 17.4 Å². The van der Waals surface area contributed by atoms with E-state index >= 15 is 0 Å². The first-order chi connectivity index (χ1) is 6.68. The third kappa shape index (κ3) is 1.35. The van der Waals surface area contributed by atoms with Gasteiger partial charge in [-0.1, -0.05) is 0 Å². The van der Waals surface area contributed by atoms with Crippen LogP contribution < -0.4 is 5.73 Å². The average Bonchev–Trinajstić information content (AvgIpc) is 2.66. The second-order valence-electron chi connectivity index (χ2n) is 3.12. The molecule has 0 bridgehead atoms. The molecular formula is C10H11N3O. The van der Waals surface area contributed by atoms with E-state index in [1.807, 2.05) is 19.9 Å². The van der Waals surface area contributed by atoms with Gasteiger partial charge in [-0.15, -0.1) is 0 Å². The van der Waals surface area contributed by atoms with Gasteiger partial charge in [0, 0.05) is 11.3 Å². The van der Waals surface area contributed by atoms with Gasteiger partial charge in [0.25, 0.3) is 0 Å². The molecule has 0 unspecified atom stereocenters. The predicted molar refractivity (Wildman–Crippen MR) is 53.6 cm³/mol. The molecule has 2 rings (SSSR count). The van der Waals surface area contributed by atoms with Crippen molar-refractivity contribution in [1.82, 2.24) is 9.97 Å². The van der Waals surface area contributed by atoms with Crippen LogP contribution in [0.4, 0.5) is 5.82 Å². The van der Waals surface area contributed by atoms with E-state index in [-0.39, 0.29) is 0 Å². The highest BCUT2D eigenvalue weighted by Crippen LogP contribution is 2.19. The fraction of sp³-hybridized carbons (Fsp3) is 0.200. The number of aromatic nitrogens is 2. The topological polar surface area (TPSA) is 64.9 Å². The van der Waals surface area contributed by atoms with Crippen molar-refractivity contribution in [2.75, 3.05) is 5.73 Å². The lowest BCUT2D eigenvalue weighted by Gasteiger charge is -2.04. The van der Waals surface area contributed by atoms with Gasteiger partial charge in [-0.05, 0) is 26.0 Å². The van der Waals surface area contributed by atoms with E-state index in [4.69, 9.17) is 10.2 Å². The first kappa shape index (κ1) is 8.74. The van der Waals surface area contributed by atoms with Crippen LogP contribution in [0.3, 0.4) is 0 Å². The molecule has 4 nitrogen and oxygen atoms in total. The number of nitrogen functional groups attached to an aromatic ring is 1. The minimum absolute atomic E-state index is 0.504. The minimum atomic E-state index is 0.504. The number of rotatable bonds is 1. The third-order valence-electron chi connectivity index (χ3n) is 2.17. The summed E-state index contributed by atoms with van der Waals surface area (Å²) in [6.07, 6.45) is 1.59. The van der Waals surface area contributed by atoms with Crippen LogP contribution in [0.15, 0.2) is 22.8 Å². The van der Waals surface area contributed by atoms with Crippen LogP contribution in [0.25, 0.3) is 11.6 Å². The van der Waals surface area contributed by atoms with Crippen LogP contribution >= 0.6 is 0 Å². The van der Waals surface area contributed by atoms with E-state index in [1.165, 1.54) is 0 Å². The van der Waals surface area contributed by atoms with Crippen LogP contribution in [0, 0.1) is 13.8 Å². The fourth-order valence-electron chi connectivity index (χ4n) is 1.17. The second-order valence-corrected chi connectivity index (χ2v) is 3.12. The van der Waals surface area contributed by atoms with Gasteiger partial charge >= 0.3 is 0 Å². The summed E-state index contributed by atoms with van der Waals surface area (Å²) in [6.45, 7) is 3.80. The van der Waals surface area contributed by atoms with Gasteiger partial charge in [-0.3, -0.25) is 0 Å². The predicted octanol–water partition coefficient (Wildman–Crippen LogP) is 1.94. The first-order valence-corrected chi connectivity index (χ1v) is 4.33. The molecule has 0 aliphatic carbocycles. The van der Waals surface area contributed by atoms with Crippen molar-refractivity contribution < 1.29 is 4.42 Å². The van der Waals surface area contributed by atoms with Crippen LogP contribution in [-0.4, -0.2) is 9.97 Å². The second kappa shape index (κ2) is 3.14. The molecule has 0 aromatic carbocycles. The largest absolute Gasteiger partial charge is 0.461 e. The highest BCUT2D eigenvalue weighted by atomic mass is 16.3. The van der Waals surface area contributed by atoms with Gasteiger partial charge in [-0.25, -0.2) is 9.97 Å². The maximum Gasteiger partial charge on any atom is 0.197 e. The summed E-state index contributed by atoms with van der Waals surface area (Å²) in [6, 6.07) is 3.60. The Labute approximate surface area is 81.8 Å². The molecule has 0 aliphatic rings. The number of hydrogen-bond donors (Lipinski definition) is 1. The summed E-state index contributed by atoms with van der Waals surface area (Å²) in [7, 11) is 0. The van der Waals surface area contributed by atoms with Crippen molar-refractivity contribution >= 4 is 5.82 Å².